The molecule has 0 amide bonds. The molecule has 102 valence electrons. The number of carbonyl (C=O) groups excluding carboxylic acids is 2. The summed E-state index contributed by atoms with van der Waals surface area (Å²) in [7, 11) is 0. The van der Waals surface area contributed by atoms with Gasteiger partial charge in [-0.2, -0.15) is 0 Å². The summed E-state index contributed by atoms with van der Waals surface area (Å²) in [4.78, 5) is 22.6. The van der Waals surface area contributed by atoms with Crippen molar-refractivity contribution in [3.63, 3.8) is 0 Å². The Morgan fingerprint density at radius 1 is 1.05 bits per heavy atom. The van der Waals surface area contributed by atoms with Crippen molar-refractivity contribution in [2.75, 3.05) is 5.75 Å². The Bertz CT molecular complexity index is 635. The molecule has 2 nitrogen and oxygen atoms in total. The maximum absolute atomic E-state index is 13.6. The third-order valence-electron chi connectivity index (χ3n) is 2.80. The fraction of sp³-hybridized carbons (Fsp3) is 0.125. The molecule has 0 fully saturated rings. The minimum Gasteiger partial charge on any atom is -0.293 e. The van der Waals surface area contributed by atoms with Gasteiger partial charge >= 0.3 is 0 Å². The van der Waals surface area contributed by atoms with Crippen molar-refractivity contribution in [1.82, 2.24) is 0 Å². The summed E-state index contributed by atoms with van der Waals surface area (Å²) in [5, 5.41) is -0.0821. The molecule has 0 saturated heterocycles. The summed E-state index contributed by atoms with van der Waals surface area (Å²) in [6, 6.07) is 13.2. The molecule has 4 heteroatoms. The highest BCUT2D eigenvalue weighted by Gasteiger charge is 2.09. The lowest BCUT2D eigenvalue weighted by molar-refractivity contribution is -0.109. The molecule has 0 aliphatic carbocycles. The van der Waals surface area contributed by atoms with Crippen LogP contribution in [0.25, 0.3) is 11.1 Å². The van der Waals surface area contributed by atoms with Crippen molar-refractivity contribution in [2.24, 2.45) is 0 Å². The van der Waals surface area contributed by atoms with E-state index in [2.05, 4.69) is 0 Å². The van der Waals surface area contributed by atoms with Gasteiger partial charge in [0, 0.05) is 18.1 Å². The summed E-state index contributed by atoms with van der Waals surface area (Å²) in [6.07, 6.45) is 0. The van der Waals surface area contributed by atoms with Gasteiger partial charge < -0.3 is 0 Å². The molecule has 20 heavy (non-hydrogen) atoms. The monoisotopic (exact) mass is 288 g/mol. The number of Topliss-reactive ketones (excluding diaryl/α,β-unsaturated/α-hetero) is 1. The Kier molecular flexibility index (Phi) is 4.69. The third kappa shape index (κ3) is 3.54. The van der Waals surface area contributed by atoms with Crippen LogP contribution in [0.4, 0.5) is 4.39 Å². The van der Waals surface area contributed by atoms with Crippen LogP contribution in [-0.4, -0.2) is 16.7 Å². The number of halogens is 1. The van der Waals surface area contributed by atoms with Crippen LogP contribution in [0.15, 0.2) is 48.5 Å². The van der Waals surface area contributed by atoms with Crippen LogP contribution in [-0.2, 0) is 4.79 Å². The molecule has 0 radical (unpaired) electrons. The zero-order chi connectivity index (χ0) is 14.5. The smallest absolute Gasteiger partial charge is 0.186 e. The molecule has 2 aromatic rings. The molecule has 2 aromatic carbocycles. The average molecular weight is 288 g/mol. The molecule has 0 spiro atoms. The Morgan fingerprint density at radius 3 is 2.30 bits per heavy atom. The Balaban J connectivity index is 2.16. The van der Waals surface area contributed by atoms with Crippen LogP contribution in [0.5, 0.6) is 0 Å². The summed E-state index contributed by atoms with van der Waals surface area (Å²) in [5.41, 5.74) is 1.75. The number of thioether (sulfide) groups is 1. The lowest BCUT2D eigenvalue weighted by atomic mass is 10.0. The third-order valence-corrected chi connectivity index (χ3v) is 3.61. The first-order chi connectivity index (χ1) is 9.58. The summed E-state index contributed by atoms with van der Waals surface area (Å²) in [6.45, 7) is 1.43. The molecular formula is C16H13FO2S. The molecule has 0 aromatic heterocycles. The van der Waals surface area contributed by atoms with Gasteiger partial charge in [-0.25, -0.2) is 4.39 Å². The second-order valence-electron chi connectivity index (χ2n) is 4.26. The number of ketones is 1. The zero-order valence-electron chi connectivity index (χ0n) is 10.9. The minimum atomic E-state index is -0.293. The predicted octanol–water partition coefficient (Wildman–Crippen LogP) is 3.96. The van der Waals surface area contributed by atoms with Crippen molar-refractivity contribution >= 4 is 22.7 Å². The largest absolute Gasteiger partial charge is 0.293 e. The van der Waals surface area contributed by atoms with Crippen LogP contribution < -0.4 is 0 Å². The topological polar surface area (TPSA) is 34.1 Å². The maximum atomic E-state index is 13.6. The van der Waals surface area contributed by atoms with Gasteiger partial charge in [-0.3, -0.25) is 9.59 Å². The highest BCUT2D eigenvalue weighted by molar-refractivity contribution is 8.14. The van der Waals surface area contributed by atoms with Crippen molar-refractivity contribution < 1.29 is 14.0 Å². The van der Waals surface area contributed by atoms with E-state index in [-0.39, 0.29) is 22.5 Å². The average Bonchev–Trinajstić information content (AvgIpc) is 2.45. The number of carbonyl (C=O) groups is 2. The van der Waals surface area contributed by atoms with E-state index < -0.39 is 0 Å². The van der Waals surface area contributed by atoms with E-state index in [1.54, 1.807) is 42.5 Å². The zero-order valence-corrected chi connectivity index (χ0v) is 11.7. The lowest BCUT2D eigenvalue weighted by Crippen LogP contribution is -2.03. The highest BCUT2D eigenvalue weighted by Crippen LogP contribution is 2.23. The van der Waals surface area contributed by atoms with E-state index in [4.69, 9.17) is 0 Å². The standard InChI is InChI=1S/C16H13FO2S/c1-11(18)20-10-16(19)13-8-6-12(7-9-13)14-4-2-3-5-15(14)17/h2-9H,10H2,1H3. The van der Waals surface area contributed by atoms with Gasteiger partial charge in [0.15, 0.2) is 10.9 Å². The minimum absolute atomic E-state index is 0.0821. The molecule has 0 aliphatic rings. The second-order valence-corrected chi connectivity index (χ2v) is 5.41. The van der Waals surface area contributed by atoms with Gasteiger partial charge in [0.25, 0.3) is 0 Å². The molecular weight excluding hydrogens is 275 g/mol. The van der Waals surface area contributed by atoms with E-state index in [9.17, 15) is 14.0 Å². The SMILES string of the molecule is CC(=O)SCC(=O)c1ccc(-c2ccccc2F)cc1. The number of hydrogen-bond acceptors (Lipinski definition) is 3. The summed E-state index contributed by atoms with van der Waals surface area (Å²) in [5.74, 6) is -0.266. The lowest BCUT2D eigenvalue weighted by Gasteiger charge is -2.05. The van der Waals surface area contributed by atoms with E-state index in [1.807, 2.05) is 0 Å². The van der Waals surface area contributed by atoms with Crippen molar-refractivity contribution in [1.29, 1.82) is 0 Å². The van der Waals surface area contributed by atoms with Crippen LogP contribution in [0.1, 0.15) is 17.3 Å². The first-order valence-corrected chi connectivity index (χ1v) is 7.08. The highest BCUT2D eigenvalue weighted by atomic mass is 32.2. The second kappa shape index (κ2) is 6.48. The fourth-order valence-corrected chi connectivity index (χ4v) is 2.28. The van der Waals surface area contributed by atoms with Gasteiger partial charge in [-0.15, -0.1) is 0 Å². The molecule has 0 saturated carbocycles. The van der Waals surface area contributed by atoms with E-state index in [0.29, 0.717) is 11.1 Å². The summed E-state index contributed by atoms with van der Waals surface area (Å²) >= 11 is 0.989. The Labute approximate surface area is 121 Å². The van der Waals surface area contributed by atoms with E-state index in [1.165, 1.54) is 13.0 Å². The number of rotatable bonds is 4. The Morgan fingerprint density at radius 2 is 1.70 bits per heavy atom. The molecule has 2 rings (SSSR count). The van der Waals surface area contributed by atoms with Gasteiger partial charge in [0.2, 0.25) is 0 Å². The van der Waals surface area contributed by atoms with E-state index >= 15 is 0 Å². The molecule has 0 N–H and O–H groups in total. The normalized spacial score (nSPS) is 10.3. The van der Waals surface area contributed by atoms with Crippen LogP contribution >= 0.6 is 11.8 Å². The number of benzene rings is 2. The van der Waals surface area contributed by atoms with Gasteiger partial charge in [0.05, 0.1) is 5.75 Å². The maximum Gasteiger partial charge on any atom is 0.186 e. The van der Waals surface area contributed by atoms with Crippen molar-refractivity contribution in [2.45, 2.75) is 6.92 Å². The fourth-order valence-electron chi connectivity index (χ4n) is 1.78. The van der Waals surface area contributed by atoms with Gasteiger partial charge in [0.1, 0.15) is 5.82 Å². The van der Waals surface area contributed by atoms with Crippen molar-refractivity contribution in [3.05, 3.63) is 59.9 Å². The van der Waals surface area contributed by atoms with E-state index in [0.717, 1.165) is 17.3 Å². The molecule has 0 atom stereocenters. The molecule has 0 heterocycles. The number of hydrogen-bond donors (Lipinski definition) is 0. The first kappa shape index (κ1) is 14.5. The van der Waals surface area contributed by atoms with Crippen LogP contribution in [0.3, 0.4) is 0 Å². The molecule has 0 aliphatic heterocycles. The first-order valence-electron chi connectivity index (χ1n) is 6.09. The van der Waals surface area contributed by atoms with Crippen LogP contribution in [0.2, 0.25) is 0 Å². The van der Waals surface area contributed by atoms with Gasteiger partial charge in [-0.1, -0.05) is 54.2 Å². The summed E-state index contributed by atoms with van der Waals surface area (Å²) < 4.78 is 13.6. The predicted molar refractivity (Wildman–Crippen MR) is 79.3 cm³/mol. The quantitative estimate of drug-likeness (QED) is 0.799. The molecule has 0 unspecified atom stereocenters. The van der Waals surface area contributed by atoms with Crippen molar-refractivity contribution in [3.8, 4) is 11.1 Å². The van der Waals surface area contributed by atoms with Crippen LogP contribution in [0, 0.1) is 5.82 Å². The van der Waals surface area contributed by atoms with Gasteiger partial charge in [-0.05, 0) is 11.6 Å². The Hall–Kier alpha value is -1.94. The molecule has 0 bridgehead atoms.